The van der Waals surface area contributed by atoms with Gasteiger partial charge in [0.2, 0.25) is 0 Å². The Morgan fingerprint density at radius 2 is 2.00 bits per heavy atom. The van der Waals surface area contributed by atoms with Gasteiger partial charge in [-0.1, -0.05) is 13.8 Å². The Labute approximate surface area is 81.6 Å². The molecule has 0 aromatic rings. The summed E-state index contributed by atoms with van der Waals surface area (Å²) >= 11 is 0. The lowest BCUT2D eigenvalue weighted by Gasteiger charge is -2.23. The van der Waals surface area contributed by atoms with Crippen LogP contribution in [-0.2, 0) is 9.47 Å². The minimum Gasteiger partial charge on any atom is -0.382 e. The van der Waals surface area contributed by atoms with E-state index in [4.69, 9.17) is 15.2 Å². The van der Waals surface area contributed by atoms with Crippen LogP contribution in [0.5, 0.6) is 0 Å². The van der Waals surface area contributed by atoms with Gasteiger partial charge in [0.15, 0.2) is 0 Å². The first-order valence-corrected chi connectivity index (χ1v) is 4.82. The highest BCUT2D eigenvalue weighted by Gasteiger charge is 2.15. The third-order valence-corrected chi connectivity index (χ3v) is 2.14. The van der Waals surface area contributed by atoms with Gasteiger partial charge in [0.25, 0.3) is 0 Å². The van der Waals surface area contributed by atoms with E-state index in [1.165, 1.54) is 0 Å². The molecule has 1 atom stereocenters. The van der Waals surface area contributed by atoms with Gasteiger partial charge in [-0.3, -0.25) is 0 Å². The first kappa shape index (κ1) is 12.9. The van der Waals surface area contributed by atoms with Crippen molar-refractivity contribution in [1.29, 1.82) is 0 Å². The molecule has 0 aliphatic rings. The molecule has 0 aliphatic heterocycles. The SMILES string of the molecule is COCC(C)OCCC(C)(C)CN. The third-order valence-electron chi connectivity index (χ3n) is 2.14. The second-order valence-electron chi connectivity index (χ2n) is 4.26. The Hall–Kier alpha value is -0.120. The van der Waals surface area contributed by atoms with Gasteiger partial charge in [0, 0.05) is 13.7 Å². The molecule has 2 N–H and O–H groups in total. The van der Waals surface area contributed by atoms with Gasteiger partial charge in [-0.05, 0) is 25.3 Å². The average Bonchev–Trinajstić information content (AvgIpc) is 2.05. The quantitative estimate of drug-likeness (QED) is 0.658. The highest BCUT2D eigenvalue weighted by molar-refractivity contribution is 4.68. The number of methoxy groups -OCH3 is 1. The predicted molar refractivity (Wildman–Crippen MR) is 54.7 cm³/mol. The predicted octanol–water partition coefficient (Wildman–Crippen LogP) is 1.41. The molecule has 3 heteroatoms. The van der Waals surface area contributed by atoms with Crippen LogP contribution >= 0.6 is 0 Å². The summed E-state index contributed by atoms with van der Waals surface area (Å²) in [5, 5.41) is 0. The van der Waals surface area contributed by atoms with Crippen molar-refractivity contribution in [3.63, 3.8) is 0 Å². The number of nitrogens with two attached hydrogens (primary N) is 1. The average molecular weight is 189 g/mol. The van der Waals surface area contributed by atoms with Crippen molar-refractivity contribution in [2.75, 3.05) is 26.9 Å². The first-order valence-electron chi connectivity index (χ1n) is 4.82. The molecule has 0 aromatic heterocycles. The Bertz CT molecular complexity index is 126. The molecular formula is C10H23NO2. The van der Waals surface area contributed by atoms with E-state index in [2.05, 4.69) is 13.8 Å². The molecule has 1 unspecified atom stereocenters. The molecule has 0 spiro atoms. The lowest BCUT2D eigenvalue weighted by atomic mass is 9.90. The van der Waals surface area contributed by atoms with Crippen LogP contribution in [0, 0.1) is 5.41 Å². The summed E-state index contributed by atoms with van der Waals surface area (Å²) in [6, 6.07) is 0. The van der Waals surface area contributed by atoms with Crippen LogP contribution in [0.4, 0.5) is 0 Å². The molecule has 0 heterocycles. The Morgan fingerprint density at radius 1 is 1.38 bits per heavy atom. The van der Waals surface area contributed by atoms with E-state index in [1.807, 2.05) is 6.92 Å². The van der Waals surface area contributed by atoms with E-state index in [-0.39, 0.29) is 11.5 Å². The summed E-state index contributed by atoms with van der Waals surface area (Å²) in [4.78, 5) is 0. The largest absolute Gasteiger partial charge is 0.382 e. The second-order valence-corrected chi connectivity index (χ2v) is 4.26. The minimum atomic E-state index is 0.179. The number of rotatable bonds is 7. The monoisotopic (exact) mass is 189 g/mol. The zero-order valence-corrected chi connectivity index (χ0v) is 9.30. The Kier molecular flexibility index (Phi) is 6.29. The smallest absolute Gasteiger partial charge is 0.0780 e. The van der Waals surface area contributed by atoms with Gasteiger partial charge >= 0.3 is 0 Å². The Balaban J connectivity index is 3.44. The molecule has 0 saturated carbocycles. The van der Waals surface area contributed by atoms with Crippen LogP contribution in [0.2, 0.25) is 0 Å². The summed E-state index contributed by atoms with van der Waals surface area (Å²) in [6.45, 7) is 8.43. The van der Waals surface area contributed by atoms with Crippen molar-refractivity contribution in [2.45, 2.75) is 33.3 Å². The van der Waals surface area contributed by atoms with Crippen LogP contribution in [0.3, 0.4) is 0 Å². The maximum atomic E-state index is 5.60. The topological polar surface area (TPSA) is 44.5 Å². The molecule has 80 valence electrons. The van der Waals surface area contributed by atoms with Gasteiger partial charge in [-0.15, -0.1) is 0 Å². The molecular weight excluding hydrogens is 166 g/mol. The first-order chi connectivity index (χ1) is 6.02. The Morgan fingerprint density at radius 3 is 2.46 bits per heavy atom. The van der Waals surface area contributed by atoms with Crippen LogP contribution in [0.15, 0.2) is 0 Å². The van der Waals surface area contributed by atoms with Crippen molar-refractivity contribution >= 4 is 0 Å². The van der Waals surface area contributed by atoms with Crippen molar-refractivity contribution in [2.24, 2.45) is 11.1 Å². The van der Waals surface area contributed by atoms with E-state index in [9.17, 15) is 0 Å². The molecule has 0 bridgehead atoms. The van der Waals surface area contributed by atoms with Gasteiger partial charge < -0.3 is 15.2 Å². The zero-order chi connectivity index (χ0) is 10.3. The van der Waals surface area contributed by atoms with Crippen molar-refractivity contribution < 1.29 is 9.47 Å². The summed E-state index contributed by atoms with van der Waals surface area (Å²) in [5.41, 5.74) is 5.79. The van der Waals surface area contributed by atoms with E-state index in [1.54, 1.807) is 7.11 Å². The standard InChI is InChI=1S/C10H23NO2/c1-9(7-12-4)13-6-5-10(2,3)8-11/h9H,5-8,11H2,1-4H3. The van der Waals surface area contributed by atoms with Crippen molar-refractivity contribution in [1.82, 2.24) is 0 Å². The summed E-state index contributed by atoms with van der Waals surface area (Å²) in [7, 11) is 1.68. The van der Waals surface area contributed by atoms with E-state index in [0.717, 1.165) is 13.0 Å². The van der Waals surface area contributed by atoms with Crippen molar-refractivity contribution in [3.8, 4) is 0 Å². The molecule has 13 heavy (non-hydrogen) atoms. The minimum absolute atomic E-state index is 0.179. The van der Waals surface area contributed by atoms with Gasteiger partial charge in [-0.25, -0.2) is 0 Å². The second kappa shape index (κ2) is 6.35. The molecule has 0 radical (unpaired) electrons. The summed E-state index contributed by atoms with van der Waals surface area (Å²) in [6.07, 6.45) is 1.18. The van der Waals surface area contributed by atoms with Crippen molar-refractivity contribution in [3.05, 3.63) is 0 Å². The van der Waals surface area contributed by atoms with E-state index in [0.29, 0.717) is 13.2 Å². The zero-order valence-electron chi connectivity index (χ0n) is 9.30. The van der Waals surface area contributed by atoms with Crippen LogP contribution in [0.25, 0.3) is 0 Å². The lowest BCUT2D eigenvalue weighted by molar-refractivity contribution is -0.000755. The summed E-state index contributed by atoms with van der Waals surface area (Å²) < 4.78 is 10.5. The molecule has 0 aliphatic carbocycles. The van der Waals surface area contributed by atoms with E-state index < -0.39 is 0 Å². The normalized spacial score (nSPS) is 14.5. The van der Waals surface area contributed by atoms with Crippen LogP contribution in [0.1, 0.15) is 27.2 Å². The maximum Gasteiger partial charge on any atom is 0.0780 e. The number of hydrogen-bond acceptors (Lipinski definition) is 3. The number of ether oxygens (including phenoxy) is 2. The third kappa shape index (κ3) is 6.99. The molecule has 0 saturated heterocycles. The van der Waals surface area contributed by atoms with Gasteiger partial charge in [0.05, 0.1) is 12.7 Å². The fourth-order valence-corrected chi connectivity index (χ4v) is 0.921. The van der Waals surface area contributed by atoms with Gasteiger partial charge in [-0.2, -0.15) is 0 Å². The van der Waals surface area contributed by atoms with Crippen LogP contribution < -0.4 is 5.73 Å². The molecule has 0 amide bonds. The fraction of sp³-hybridized carbons (Fsp3) is 1.00. The fourth-order valence-electron chi connectivity index (χ4n) is 0.921. The van der Waals surface area contributed by atoms with Crippen LogP contribution in [-0.4, -0.2) is 33.0 Å². The highest BCUT2D eigenvalue weighted by Crippen LogP contribution is 2.17. The molecule has 3 nitrogen and oxygen atoms in total. The maximum absolute atomic E-state index is 5.60. The van der Waals surface area contributed by atoms with E-state index >= 15 is 0 Å². The molecule has 0 fully saturated rings. The lowest BCUT2D eigenvalue weighted by Crippen LogP contribution is -2.26. The highest BCUT2D eigenvalue weighted by atomic mass is 16.5. The molecule has 0 aromatic carbocycles. The summed E-state index contributed by atoms with van der Waals surface area (Å²) in [5.74, 6) is 0. The van der Waals surface area contributed by atoms with Gasteiger partial charge in [0.1, 0.15) is 0 Å². The molecule has 0 rings (SSSR count). The number of hydrogen-bond donors (Lipinski definition) is 1.